The maximum absolute atomic E-state index is 12.9. The van der Waals surface area contributed by atoms with Gasteiger partial charge >= 0.3 is 33.3 Å². The topological polar surface area (TPSA) is 286 Å². The van der Waals surface area contributed by atoms with Gasteiger partial charge in [0.25, 0.3) is 0 Å². The van der Waals surface area contributed by atoms with E-state index in [0.717, 1.165) is 74.5 Å². The second-order valence-corrected chi connectivity index (χ2v) is 21.7. The number of esters is 2. The standard InChI is InChI=1S/C51H87N3O16P2/c1-4-31-42(55)33-28-24-20-16-12-8-6-9-13-17-21-25-29-34-46(56)65-38-43(68-47(57)35-30-26-22-18-14-10-5-7-11-15-19-23-27-32-41(2)3)39-66-71(61,62)70-72(63,64)67-40-44-48(58)49(59)50(69-44)54-37-36-45(52)53-51(54)60/h6,9,12,16-17,21,24,28,36-37,41-44,48-50,55,58-59H,4-5,7-8,10-11,13-15,18-20,22-23,25-27,29-35,38-40H2,1-3H3,(H,61,62)(H,63,64)(H2,52,53,60)/b9-6-,16-12-,21-17-,28-24-/t42?,43-,44-,48-,49-,50-/m1/s1. The normalized spacial score (nSPS) is 20.0. The third kappa shape index (κ3) is 31.4. The number of carbonyl (C=O) groups is 2. The van der Waals surface area contributed by atoms with Crippen LogP contribution in [-0.4, -0.2) is 96.9 Å². The molecule has 1 aliphatic heterocycles. The highest BCUT2D eigenvalue weighted by Crippen LogP contribution is 2.60. The van der Waals surface area contributed by atoms with Gasteiger partial charge in [-0.05, 0) is 63.4 Å². The molecule has 72 heavy (non-hydrogen) atoms. The van der Waals surface area contributed by atoms with Crippen LogP contribution < -0.4 is 11.4 Å². The summed E-state index contributed by atoms with van der Waals surface area (Å²) in [4.78, 5) is 61.9. The number of nitrogen functional groups attached to an aromatic ring is 1. The van der Waals surface area contributed by atoms with E-state index in [1.54, 1.807) is 0 Å². The van der Waals surface area contributed by atoms with Gasteiger partial charge in [0.05, 0.1) is 19.3 Å². The van der Waals surface area contributed by atoms with Crippen molar-refractivity contribution in [2.75, 3.05) is 25.6 Å². The Kier molecular flexibility index (Phi) is 34.4. The SMILES string of the molecule is CCCC(O)C/C=C\C/C=C\C/C=C\C/C=C\CCCC(=O)OC[C@H](COP(=O)(O)OP(=O)(O)OC[C@H]1O[C@@H](n2ccc(N)nc2=O)[C@H](O)[C@@H]1O)OC(=O)CCCCCCCCCCCCCCCC(C)C. The number of carbonyl (C=O) groups excluding carboxylic acids is 2. The number of aliphatic hydroxyl groups is 3. The Bertz CT molecular complexity index is 1930. The van der Waals surface area contributed by atoms with Gasteiger partial charge in [0.1, 0.15) is 30.7 Å². The summed E-state index contributed by atoms with van der Waals surface area (Å²) in [6, 6.07) is 1.24. The quantitative estimate of drug-likeness (QED) is 0.0154. The summed E-state index contributed by atoms with van der Waals surface area (Å²) < 4.78 is 56.7. The fourth-order valence-corrected chi connectivity index (χ4v) is 9.73. The molecule has 2 rings (SSSR count). The highest BCUT2D eigenvalue weighted by Gasteiger charge is 2.46. The Balaban J connectivity index is 1.82. The molecule has 412 valence electrons. The third-order valence-electron chi connectivity index (χ3n) is 11.7. The number of nitrogens with zero attached hydrogens (tertiary/aromatic N) is 2. The van der Waals surface area contributed by atoms with Gasteiger partial charge in [0.15, 0.2) is 12.3 Å². The van der Waals surface area contributed by atoms with Gasteiger partial charge in [0.2, 0.25) is 0 Å². The molecule has 8 atom stereocenters. The van der Waals surface area contributed by atoms with Crippen molar-refractivity contribution in [3.63, 3.8) is 0 Å². The Hall–Kier alpha value is -3.32. The number of anilines is 1. The maximum Gasteiger partial charge on any atom is 0.481 e. The van der Waals surface area contributed by atoms with Crippen molar-refractivity contribution >= 4 is 33.4 Å². The molecule has 21 heteroatoms. The number of aliphatic hydroxyl groups excluding tert-OH is 3. The lowest BCUT2D eigenvalue weighted by Gasteiger charge is -2.21. The molecule has 0 aromatic carbocycles. The van der Waals surface area contributed by atoms with E-state index in [1.165, 1.54) is 63.9 Å². The summed E-state index contributed by atoms with van der Waals surface area (Å²) in [6.45, 7) is 4.22. The fourth-order valence-electron chi connectivity index (χ4n) is 7.62. The molecule has 1 saturated heterocycles. The lowest BCUT2D eigenvalue weighted by molar-refractivity contribution is -0.161. The maximum atomic E-state index is 12.9. The molecule has 2 heterocycles. The predicted molar refractivity (Wildman–Crippen MR) is 276 cm³/mol. The smallest absolute Gasteiger partial charge is 0.462 e. The minimum atomic E-state index is -5.44. The number of allylic oxidation sites excluding steroid dienone is 7. The number of hydrogen-bond acceptors (Lipinski definition) is 16. The number of phosphoric ester groups is 2. The molecule has 1 aliphatic rings. The number of phosphoric acid groups is 2. The molecule has 19 nitrogen and oxygen atoms in total. The van der Waals surface area contributed by atoms with Crippen molar-refractivity contribution in [3.8, 4) is 0 Å². The molecule has 3 unspecified atom stereocenters. The molecule has 0 spiro atoms. The predicted octanol–water partition coefficient (Wildman–Crippen LogP) is 9.77. The second-order valence-electron chi connectivity index (χ2n) is 18.7. The van der Waals surface area contributed by atoms with E-state index in [2.05, 4.69) is 54.4 Å². The largest absolute Gasteiger partial charge is 0.481 e. The average Bonchev–Trinajstić information content (AvgIpc) is 3.60. The van der Waals surface area contributed by atoms with E-state index in [-0.39, 0.29) is 24.8 Å². The van der Waals surface area contributed by atoms with Gasteiger partial charge in [-0.25, -0.2) is 13.9 Å². The summed E-state index contributed by atoms with van der Waals surface area (Å²) in [5.41, 5.74) is 4.58. The van der Waals surface area contributed by atoms with E-state index in [1.807, 2.05) is 24.3 Å². The van der Waals surface area contributed by atoms with Gasteiger partial charge in [-0.1, -0.05) is 159 Å². The Morgan fingerprint density at radius 2 is 1.29 bits per heavy atom. The fraction of sp³-hybridized carbons (Fsp3) is 0.725. The molecule has 1 fully saturated rings. The first kappa shape index (κ1) is 64.8. The number of rotatable bonds is 42. The first-order chi connectivity index (χ1) is 34.4. The Morgan fingerprint density at radius 3 is 1.88 bits per heavy atom. The van der Waals surface area contributed by atoms with E-state index in [0.29, 0.717) is 25.7 Å². The van der Waals surface area contributed by atoms with Crippen LogP contribution in [0.4, 0.5) is 5.82 Å². The van der Waals surface area contributed by atoms with Gasteiger partial charge in [-0.15, -0.1) is 0 Å². The van der Waals surface area contributed by atoms with Crippen LogP contribution in [0.5, 0.6) is 0 Å². The van der Waals surface area contributed by atoms with Crippen molar-refractivity contribution in [2.45, 2.75) is 212 Å². The van der Waals surface area contributed by atoms with Crippen molar-refractivity contribution in [3.05, 3.63) is 71.4 Å². The minimum Gasteiger partial charge on any atom is -0.462 e. The van der Waals surface area contributed by atoms with Crippen LogP contribution in [-0.2, 0) is 46.3 Å². The molecule has 0 radical (unpaired) electrons. The summed E-state index contributed by atoms with van der Waals surface area (Å²) >= 11 is 0. The van der Waals surface area contributed by atoms with Crippen LogP contribution in [0.1, 0.15) is 181 Å². The van der Waals surface area contributed by atoms with Crippen LogP contribution in [0.15, 0.2) is 65.7 Å². The van der Waals surface area contributed by atoms with Crippen LogP contribution in [0, 0.1) is 5.92 Å². The van der Waals surface area contributed by atoms with E-state index in [9.17, 15) is 48.6 Å². The Morgan fingerprint density at radius 1 is 0.750 bits per heavy atom. The first-order valence-corrected chi connectivity index (χ1v) is 29.1. The highest BCUT2D eigenvalue weighted by molar-refractivity contribution is 7.61. The summed E-state index contributed by atoms with van der Waals surface area (Å²) in [5.74, 6) is -0.606. The van der Waals surface area contributed by atoms with Crippen molar-refractivity contribution in [1.29, 1.82) is 0 Å². The lowest BCUT2D eigenvalue weighted by atomic mass is 10.0. The number of ether oxygens (including phenoxy) is 3. The molecule has 0 saturated carbocycles. The van der Waals surface area contributed by atoms with E-state index < -0.39 is 83.7 Å². The van der Waals surface area contributed by atoms with Crippen LogP contribution in [0.25, 0.3) is 0 Å². The zero-order chi connectivity index (χ0) is 53.0. The van der Waals surface area contributed by atoms with Gasteiger partial charge in [-0.2, -0.15) is 9.29 Å². The summed E-state index contributed by atoms with van der Waals surface area (Å²) in [6.07, 6.45) is 31.2. The van der Waals surface area contributed by atoms with Crippen molar-refractivity contribution in [1.82, 2.24) is 9.55 Å². The zero-order valence-corrected chi connectivity index (χ0v) is 44.8. The number of unbranched alkanes of at least 4 members (excludes halogenated alkanes) is 13. The van der Waals surface area contributed by atoms with E-state index >= 15 is 0 Å². The molecular formula is C51H87N3O16P2. The Labute approximate surface area is 427 Å². The van der Waals surface area contributed by atoms with Crippen LogP contribution in [0.2, 0.25) is 0 Å². The first-order valence-electron chi connectivity index (χ1n) is 26.1. The van der Waals surface area contributed by atoms with Crippen molar-refractivity contribution < 1.29 is 71.4 Å². The molecule has 1 aromatic heterocycles. The number of aromatic nitrogens is 2. The van der Waals surface area contributed by atoms with Gasteiger partial charge in [0, 0.05) is 19.0 Å². The minimum absolute atomic E-state index is 0.0320. The molecular weight excluding hydrogens is 973 g/mol. The third-order valence-corrected chi connectivity index (χ3v) is 14.3. The second kappa shape index (κ2) is 38.3. The van der Waals surface area contributed by atoms with Gasteiger partial charge < -0.3 is 45.1 Å². The number of nitrogens with two attached hydrogens (primary N) is 1. The van der Waals surface area contributed by atoms with Crippen LogP contribution >= 0.6 is 15.6 Å². The molecule has 0 aliphatic carbocycles. The zero-order valence-electron chi connectivity index (χ0n) is 43.0. The molecule has 1 aromatic rings. The van der Waals surface area contributed by atoms with Crippen molar-refractivity contribution in [2.24, 2.45) is 5.92 Å². The molecule has 0 bridgehead atoms. The number of hydrogen-bond donors (Lipinski definition) is 6. The molecule has 0 amide bonds. The molecule has 7 N–H and O–H groups in total. The monoisotopic (exact) mass is 1060 g/mol. The van der Waals surface area contributed by atoms with E-state index in [4.69, 9.17) is 29.0 Å². The van der Waals surface area contributed by atoms with Crippen LogP contribution in [0.3, 0.4) is 0 Å². The highest BCUT2D eigenvalue weighted by atomic mass is 31.3. The van der Waals surface area contributed by atoms with Gasteiger partial charge in [-0.3, -0.25) is 23.2 Å². The summed E-state index contributed by atoms with van der Waals surface area (Å²) in [5, 5.41) is 30.7. The summed E-state index contributed by atoms with van der Waals surface area (Å²) in [7, 11) is -10.9. The lowest BCUT2D eigenvalue weighted by Crippen LogP contribution is -2.36. The average molecular weight is 1060 g/mol.